The van der Waals surface area contributed by atoms with Crippen molar-refractivity contribution >= 4 is 17.3 Å². The number of non-ortho nitro benzene ring substituents is 1. The molecule has 0 saturated heterocycles. The fourth-order valence-electron chi connectivity index (χ4n) is 1.66. The van der Waals surface area contributed by atoms with Gasteiger partial charge in [0.25, 0.3) is 5.69 Å². The van der Waals surface area contributed by atoms with E-state index in [0.29, 0.717) is 5.69 Å². The first kappa shape index (κ1) is 14.9. The van der Waals surface area contributed by atoms with Gasteiger partial charge in [-0.1, -0.05) is 6.92 Å². The maximum absolute atomic E-state index is 11.2. The molecule has 1 aromatic rings. The van der Waals surface area contributed by atoms with Gasteiger partial charge in [0.05, 0.1) is 16.2 Å². The maximum atomic E-state index is 11.2. The lowest BCUT2D eigenvalue weighted by Crippen LogP contribution is -2.41. The van der Waals surface area contributed by atoms with E-state index in [0.717, 1.165) is 6.42 Å². The summed E-state index contributed by atoms with van der Waals surface area (Å²) < 4.78 is 0. The summed E-state index contributed by atoms with van der Waals surface area (Å²) in [5.41, 5.74) is 0.0151. The highest BCUT2D eigenvalue weighted by Crippen LogP contribution is 2.31. The SMILES string of the molecule is CCC(C)(C)N(C)c1cc([N+](=O)[O-])ccc1C(=O)O. The number of carboxylic acids is 1. The monoisotopic (exact) mass is 266 g/mol. The zero-order valence-electron chi connectivity index (χ0n) is 11.5. The Kier molecular flexibility index (Phi) is 4.14. The highest BCUT2D eigenvalue weighted by atomic mass is 16.6. The van der Waals surface area contributed by atoms with Gasteiger partial charge in [0.15, 0.2) is 0 Å². The van der Waals surface area contributed by atoms with Crippen LogP contribution < -0.4 is 4.90 Å². The molecule has 0 radical (unpaired) electrons. The highest BCUT2D eigenvalue weighted by molar-refractivity contribution is 5.95. The van der Waals surface area contributed by atoms with Gasteiger partial charge in [0.1, 0.15) is 0 Å². The van der Waals surface area contributed by atoms with Crippen LogP contribution in [0.5, 0.6) is 0 Å². The second kappa shape index (κ2) is 5.26. The predicted molar refractivity (Wildman–Crippen MR) is 72.8 cm³/mol. The number of nitrogens with zero attached hydrogens (tertiary/aromatic N) is 2. The number of benzene rings is 1. The molecule has 0 saturated carbocycles. The van der Waals surface area contributed by atoms with Crippen molar-refractivity contribution in [2.45, 2.75) is 32.7 Å². The number of aromatic carboxylic acids is 1. The molecular weight excluding hydrogens is 248 g/mol. The van der Waals surface area contributed by atoms with Crippen LogP contribution in [0.2, 0.25) is 0 Å². The van der Waals surface area contributed by atoms with E-state index in [1.165, 1.54) is 18.2 Å². The van der Waals surface area contributed by atoms with Crippen molar-refractivity contribution in [3.05, 3.63) is 33.9 Å². The average Bonchev–Trinajstić information content (AvgIpc) is 2.36. The van der Waals surface area contributed by atoms with Crippen molar-refractivity contribution in [2.24, 2.45) is 0 Å². The third-order valence-electron chi connectivity index (χ3n) is 3.56. The molecule has 0 amide bonds. The van der Waals surface area contributed by atoms with Crippen LogP contribution >= 0.6 is 0 Å². The minimum absolute atomic E-state index is 0.0645. The van der Waals surface area contributed by atoms with E-state index >= 15 is 0 Å². The summed E-state index contributed by atoms with van der Waals surface area (Å²) in [6.07, 6.45) is 0.783. The number of hydrogen-bond donors (Lipinski definition) is 1. The molecule has 0 spiro atoms. The largest absolute Gasteiger partial charge is 0.478 e. The Morgan fingerprint density at radius 2 is 2.05 bits per heavy atom. The third-order valence-corrected chi connectivity index (χ3v) is 3.56. The molecule has 0 atom stereocenters. The van der Waals surface area contributed by atoms with Crippen LogP contribution in [0.3, 0.4) is 0 Å². The summed E-state index contributed by atoms with van der Waals surface area (Å²) in [5, 5.41) is 20.0. The third kappa shape index (κ3) is 3.01. The topological polar surface area (TPSA) is 83.7 Å². The van der Waals surface area contributed by atoms with Gasteiger partial charge >= 0.3 is 5.97 Å². The normalized spacial score (nSPS) is 11.2. The van der Waals surface area contributed by atoms with Crippen LogP contribution in [0.1, 0.15) is 37.6 Å². The smallest absolute Gasteiger partial charge is 0.337 e. The van der Waals surface area contributed by atoms with E-state index in [1.807, 2.05) is 20.8 Å². The molecule has 19 heavy (non-hydrogen) atoms. The van der Waals surface area contributed by atoms with E-state index in [1.54, 1.807) is 11.9 Å². The zero-order valence-corrected chi connectivity index (χ0v) is 11.5. The van der Waals surface area contributed by atoms with Gasteiger partial charge in [-0.3, -0.25) is 10.1 Å². The van der Waals surface area contributed by atoms with Crippen molar-refractivity contribution in [3.8, 4) is 0 Å². The average molecular weight is 266 g/mol. The van der Waals surface area contributed by atoms with Gasteiger partial charge < -0.3 is 10.0 Å². The standard InChI is InChI=1S/C13H18N2O4/c1-5-13(2,3)14(4)11-8-9(15(18)19)6-7-10(11)12(16)17/h6-8H,5H2,1-4H3,(H,16,17). The number of anilines is 1. The van der Waals surface area contributed by atoms with Crippen LogP contribution in [0, 0.1) is 10.1 Å². The van der Waals surface area contributed by atoms with Crippen molar-refractivity contribution in [1.82, 2.24) is 0 Å². The molecule has 1 N–H and O–H groups in total. The second-order valence-corrected chi connectivity index (χ2v) is 4.99. The molecular formula is C13H18N2O4. The van der Waals surface area contributed by atoms with Gasteiger partial charge in [0.2, 0.25) is 0 Å². The lowest BCUT2D eigenvalue weighted by atomic mass is 9.97. The molecule has 0 bridgehead atoms. The summed E-state index contributed by atoms with van der Waals surface area (Å²) in [7, 11) is 1.75. The molecule has 0 heterocycles. The molecule has 0 aliphatic carbocycles. The number of nitro groups is 1. The van der Waals surface area contributed by atoms with Gasteiger partial charge in [-0.05, 0) is 26.3 Å². The molecule has 0 unspecified atom stereocenters. The quantitative estimate of drug-likeness (QED) is 0.654. The van der Waals surface area contributed by atoms with E-state index in [9.17, 15) is 20.0 Å². The summed E-state index contributed by atoms with van der Waals surface area (Å²) in [4.78, 5) is 23.3. The van der Waals surface area contributed by atoms with E-state index in [2.05, 4.69) is 0 Å². The lowest BCUT2D eigenvalue weighted by molar-refractivity contribution is -0.384. The first-order valence-electron chi connectivity index (χ1n) is 5.96. The summed E-state index contributed by atoms with van der Waals surface area (Å²) in [6.45, 7) is 5.89. The fraction of sp³-hybridized carbons (Fsp3) is 0.462. The minimum atomic E-state index is -1.09. The fourth-order valence-corrected chi connectivity index (χ4v) is 1.66. The minimum Gasteiger partial charge on any atom is -0.478 e. The van der Waals surface area contributed by atoms with Gasteiger partial charge in [0, 0.05) is 24.7 Å². The molecule has 6 nitrogen and oxygen atoms in total. The van der Waals surface area contributed by atoms with Crippen LogP contribution in [0.25, 0.3) is 0 Å². The molecule has 0 aromatic heterocycles. The maximum Gasteiger partial charge on any atom is 0.337 e. The molecule has 1 aromatic carbocycles. The molecule has 0 aliphatic rings. The van der Waals surface area contributed by atoms with Crippen molar-refractivity contribution in [1.29, 1.82) is 0 Å². The first-order valence-corrected chi connectivity index (χ1v) is 5.96. The summed E-state index contributed by atoms with van der Waals surface area (Å²) in [5.74, 6) is -1.09. The van der Waals surface area contributed by atoms with Crippen LogP contribution in [0.15, 0.2) is 18.2 Å². The Hall–Kier alpha value is -2.11. The Morgan fingerprint density at radius 1 is 1.47 bits per heavy atom. The molecule has 104 valence electrons. The number of carbonyl (C=O) groups is 1. The Morgan fingerprint density at radius 3 is 2.47 bits per heavy atom. The summed E-state index contributed by atoms with van der Waals surface area (Å²) >= 11 is 0. The Balaban J connectivity index is 3.40. The van der Waals surface area contributed by atoms with Gasteiger partial charge in [-0.25, -0.2) is 4.79 Å². The number of hydrogen-bond acceptors (Lipinski definition) is 4. The predicted octanol–water partition coefficient (Wildman–Crippen LogP) is 2.92. The molecule has 1 rings (SSSR count). The molecule has 0 fully saturated rings. The zero-order chi connectivity index (χ0) is 14.8. The second-order valence-electron chi connectivity index (χ2n) is 4.99. The first-order chi connectivity index (χ1) is 8.70. The van der Waals surface area contributed by atoms with Crippen molar-refractivity contribution in [3.63, 3.8) is 0 Å². The lowest BCUT2D eigenvalue weighted by Gasteiger charge is -2.37. The van der Waals surface area contributed by atoms with Gasteiger partial charge in [-0.2, -0.15) is 0 Å². The van der Waals surface area contributed by atoms with Gasteiger partial charge in [-0.15, -0.1) is 0 Å². The van der Waals surface area contributed by atoms with E-state index in [4.69, 9.17) is 0 Å². The summed E-state index contributed by atoms with van der Waals surface area (Å²) in [6, 6.07) is 3.79. The highest BCUT2D eigenvalue weighted by Gasteiger charge is 2.26. The van der Waals surface area contributed by atoms with E-state index < -0.39 is 10.9 Å². The Bertz CT molecular complexity index is 511. The number of carboxylic acid groups (broad SMARTS) is 1. The molecule has 0 aliphatic heterocycles. The van der Waals surface area contributed by atoms with Crippen LogP contribution in [-0.2, 0) is 0 Å². The number of nitro benzene ring substituents is 1. The van der Waals surface area contributed by atoms with Crippen molar-refractivity contribution in [2.75, 3.05) is 11.9 Å². The van der Waals surface area contributed by atoms with Crippen molar-refractivity contribution < 1.29 is 14.8 Å². The number of rotatable bonds is 5. The Labute approximate surface area is 111 Å². The van der Waals surface area contributed by atoms with Crippen LogP contribution in [0.4, 0.5) is 11.4 Å². The molecule has 6 heteroatoms. The van der Waals surface area contributed by atoms with E-state index in [-0.39, 0.29) is 16.8 Å². The van der Waals surface area contributed by atoms with Crippen LogP contribution in [-0.4, -0.2) is 28.6 Å².